The minimum absolute atomic E-state index is 0.0425. The van der Waals surface area contributed by atoms with E-state index in [1.165, 1.54) is 5.56 Å². The fraction of sp³-hybridized carbons (Fsp3) is 0.270. The fourth-order valence-electron chi connectivity index (χ4n) is 4.86. The molecule has 0 bridgehead atoms. The molecule has 0 amide bonds. The van der Waals surface area contributed by atoms with Crippen LogP contribution in [0.25, 0.3) is 17.2 Å². The zero-order chi connectivity index (χ0) is 29.8. The number of carboxylic acid groups (broad SMARTS) is 1. The lowest BCUT2D eigenvalue weighted by Crippen LogP contribution is -2.16. The lowest BCUT2D eigenvalue weighted by atomic mass is 9.79. The number of rotatable bonds is 8. The summed E-state index contributed by atoms with van der Waals surface area (Å²) >= 11 is 0. The summed E-state index contributed by atoms with van der Waals surface area (Å²) in [6.45, 7) is 13.6. The Hall–Kier alpha value is -4.15. The van der Waals surface area contributed by atoms with Gasteiger partial charge in [0.2, 0.25) is 0 Å². The molecule has 212 valence electrons. The van der Waals surface area contributed by atoms with E-state index in [9.17, 15) is 9.90 Å². The van der Waals surface area contributed by atoms with Gasteiger partial charge in [-0.05, 0) is 68.5 Å². The molecule has 1 atom stereocenters. The Morgan fingerprint density at radius 2 is 1.46 bits per heavy atom. The van der Waals surface area contributed by atoms with Crippen LogP contribution >= 0.6 is 0 Å². The van der Waals surface area contributed by atoms with Crippen molar-refractivity contribution in [3.8, 4) is 16.9 Å². The molecule has 4 nitrogen and oxygen atoms in total. The van der Waals surface area contributed by atoms with Crippen LogP contribution in [-0.2, 0) is 17.4 Å². The van der Waals surface area contributed by atoms with Gasteiger partial charge >= 0.3 is 5.97 Å². The molecule has 1 unspecified atom stereocenters. The zero-order valence-electron chi connectivity index (χ0n) is 24.8. The molecule has 0 spiro atoms. The number of aliphatic hydroxyl groups is 1. The summed E-state index contributed by atoms with van der Waals surface area (Å²) in [7, 11) is 0. The summed E-state index contributed by atoms with van der Waals surface area (Å²) in [5.74, 6) is -0.224. The van der Waals surface area contributed by atoms with E-state index in [2.05, 4.69) is 71.9 Å². The largest absolute Gasteiger partial charge is 0.489 e. The van der Waals surface area contributed by atoms with Crippen LogP contribution in [0.1, 0.15) is 85.8 Å². The van der Waals surface area contributed by atoms with Gasteiger partial charge in [-0.15, -0.1) is 0 Å². The quantitative estimate of drug-likeness (QED) is 0.231. The van der Waals surface area contributed by atoms with Gasteiger partial charge in [-0.3, -0.25) is 0 Å². The number of aromatic carboxylic acids is 1. The predicted octanol–water partition coefficient (Wildman–Crippen LogP) is 8.97. The zero-order valence-corrected chi connectivity index (χ0v) is 24.8. The Morgan fingerprint density at radius 3 is 2.02 bits per heavy atom. The fourth-order valence-corrected chi connectivity index (χ4v) is 4.86. The van der Waals surface area contributed by atoms with Crippen molar-refractivity contribution in [3.05, 3.63) is 130 Å². The monoisotopic (exact) mass is 548 g/mol. The minimum atomic E-state index is -0.967. The second-order valence-corrected chi connectivity index (χ2v) is 12.5. The highest BCUT2D eigenvalue weighted by Crippen LogP contribution is 2.42. The van der Waals surface area contributed by atoms with E-state index < -0.39 is 12.1 Å². The Bertz CT molecular complexity index is 1500. The minimum Gasteiger partial charge on any atom is -0.489 e. The van der Waals surface area contributed by atoms with Gasteiger partial charge in [0.15, 0.2) is 0 Å². The summed E-state index contributed by atoms with van der Waals surface area (Å²) in [6.07, 6.45) is 2.63. The molecule has 0 heterocycles. The van der Waals surface area contributed by atoms with Gasteiger partial charge in [-0.1, -0.05) is 120 Å². The molecule has 4 rings (SSSR count). The maximum Gasteiger partial charge on any atom is 0.335 e. The van der Waals surface area contributed by atoms with Crippen molar-refractivity contribution in [2.45, 2.75) is 65.1 Å². The van der Waals surface area contributed by atoms with Crippen molar-refractivity contribution in [2.24, 2.45) is 0 Å². The molecule has 0 saturated heterocycles. The molecule has 0 aromatic heterocycles. The third-order valence-corrected chi connectivity index (χ3v) is 7.14. The van der Waals surface area contributed by atoms with Crippen LogP contribution in [0.5, 0.6) is 5.75 Å². The Balaban J connectivity index is 1.79. The third-order valence-electron chi connectivity index (χ3n) is 7.14. The number of ether oxygens (including phenoxy) is 1. The third kappa shape index (κ3) is 7.53. The van der Waals surface area contributed by atoms with Crippen LogP contribution in [0.4, 0.5) is 0 Å². The van der Waals surface area contributed by atoms with Gasteiger partial charge in [0, 0.05) is 5.56 Å². The van der Waals surface area contributed by atoms with Crippen molar-refractivity contribution in [1.29, 1.82) is 0 Å². The van der Waals surface area contributed by atoms with Crippen LogP contribution in [0.3, 0.4) is 0 Å². The summed E-state index contributed by atoms with van der Waals surface area (Å²) in [5, 5.41) is 20.5. The molecular weight excluding hydrogens is 508 g/mol. The van der Waals surface area contributed by atoms with Gasteiger partial charge in [-0.25, -0.2) is 4.79 Å². The Kier molecular flexibility index (Phi) is 8.84. The van der Waals surface area contributed by atoms with Crippen molar-refractivity contribution in [1.82, 2.24) is 0 Å². The molecule has 0 radical (unpaired) electrons. The number of carbonyl (C=O) groups is 1. The first-order chi connectivity index (χ1) is 19.3. The number of carboxylic acids is 1. The van der Waals surface area contributed by atoms with Crippen LogP contribution in [0.2, 0.25) is 0 Å². The maximum atomic E-state index is 11.3. The highest BCUT2D eigenvalue weighted by atomic mass is 16.5. The van der Waals surface area contributed by atoms with Crippen molar-refractivity contribution < 1.29 is 19.7 Å². The summed E-state index contributed by atoms with van der Waals surface area (Å²) < 4.78 is 6.49. The van der Waals surface area contributed by atoms with E-state index in [1.54, 1.807) is 36.4 Å². The van der Waals surface area contributed by atoms with Gasteiger partial charge in [0.1, 0.15) is 12.4 Å². The SMILES string of the molecule is CC(C)(C)c1ccc(-c2cc(C(O)C=Cc3ccc(C(=O)O)cc3)cc(OCc3ccccc3)c2C(C)(C)C)cc1. The molecule has 0 fully saturated rings. The summed E-state index contributed by atoms with van der Waals surface area (Å²) in [5.41, 5.74) is 7.06. The van der Waals surface area contributed by atoms with Crippen LogP contribution in [-0.4, -0.2) is 16.2 Å². The van der Waals surface area contributed by atoms with E-state index in [0.29, 0.717) is 6.61 Å². The maximum absolute atomic E-state index is 11.3. The van der Waals surface area contributed by atoms with Crippen LogP contribution < -0.4 is 4.74 Å². The Labute approximate surface area is 244 Å². The van der Waals surface area contributed by atoms with Crippen molar-refractivity contribution in [2.75, 3.05) is 0 Å². The number of benzene rings is 4. The number of aliphatic hydroxyl groups excluding tert-OH is 1. The Morgan fingerprint density at radius 1 is 0.829 bits per heavy atom. The molecule has 0 aliphatic carbocycles. The molecule has 4 heteroatoms. The normalized spacial score (nSPS) is 12.9. The first-order valence-corrected chi connectivity index (χ1v) is 14.0. The van der Waals surface area contributed by atoms with Gasteiger partial charge in [0.25, 0.3) is 0 Å². The lowest BCUT2D eigenvalue weighted by molar-refractivity contribution is 0.0697. The van der Waals surface area contributed by atoms with Crippen LogP contribution in [0.15, 0.2) is 97.1 Å². The van der Waals surface area contributed by atoms with E-state index in [4.69, 9.17) is 9.84 Å². The highest BCUT2D eigenvalue weighted by Gasteiger charge is 2.26. The van der Waals surface area contributed by atoms with E-state index in [-0.39, 0.29) is 16.4 Å². The summed E-state index contributed by atoms with van der Waals surface area (Å²) in [4.78, 5) is 11.2. The topological polar surface area (TPSA) is 66.8 Å². The first kappa shape index (κ1) is 29.8. The number of hydrogen-bond donors (Lipinski definition) is 2. The van der Waals surface area contributed by atoms with E-state index in [1.807, 2.05) is 36.4 Å². The molecular formula is C37H40O4. The average Bonchev–Trinajstić information content (AvgIpc) is 2.94. The second kappa shape index (κ2) is 12.2. The molecule has 41 heavy (non-hydrogen) atoms. The second-order valence-electron chi connectivity index (χ2n) is 12.5. The van der Waals surface area contributed by atoms with E-state index in [0.717, 1.165) is 39.1 Å². The van der Waals surface area contributed by atoms with Gasteiger partial charge in [0.05, 0.1) is 11.7 Å². The lowest BCUT2D eigenvalue weighted by Gasteiger charge is -2.28. The smallest absolute Gasteiger partial charge is 0.335 e. The van der Waals surface area contributed by atoms with E-state index >= 15 is 0 Å². The molecule has 4 aromatic rings. The van der Waals surface area contributed by atoms with Gasteiger partial charge in [-0.2, -0.15) is 0 Å². The van der Waals surface area contributed by atoms with Crippen molar-refractivity contribution in [3.63, 3.8) is 0 Å². The highest BCUT2D eigenvalue weighted by molar-refractivity contribution is 5.87. The predicted molar refractivity (Wildman–Crippen MR) is 167 cm³/mol. The number of hydrogen-bond acceptors (Lipinski definition) is 3. The first-order valence-electron chi connectivity index (χ1n) is 14.0. The average molecular weight is 549 g/mol. The molecule has 4 aromatic carbocycles. The van der Waals surface area contributed by atoms with Gasteiger partial charge < -0.3 is 14.9 Å². The van der Waals surface area contributed by atoms with Crippen molar-refractivity contribution >= 4 is 12.0 Å². The standard InChI is InChI=1S/C37H40O4/c1-36(2,3)30-19-17-27(18-20-30)31-22-29(32(38)21-14-25-12-15-28(16-13-25)35(39)40)23-33(34(31)37(4,5)6)41-24-26-10-8-7-9-11-26/h7-23,32,38H,24H2,1-6H3,(H,39,40). The molecule has 2 N–H and O–H groups in total. The van der Waals surface area contributed by atoms with Crippen LogP contribution in [0, 0.1) is 0 Å². The molecule has 0 saturated carbocycles. The molecule has 0 aliphatic rings. The molecule has 0 aliphatic heterocycles. The summed E-state index contributed by atoms with van der Waals surface area (Å²) in [6, 6.07) is 29.3.